The average Bonchev–Trinajstić information content (AvgIpc) is 2.66. The molecule has 1 aromatic rings. The van der Waals surface area contributed by atoms with Crippen LogP contribution in [0.4, 0.5) is 17.6 Å². The Morgan fingerprint density at radius 3 is 2.61 bits per heavy atom. The number of rotatable bonds is 2. The number of benzene rings is 1. The van der Waals surface area contributed by atoms with Crippen molar-refractivity contribution >= 4 is 0 Å². The molecule has 1 aliphatic heterocycles. The van der Waals surface area contributed by atoms with E-state index in [1.807, 2.05) is 6.92 Å². The Morgan fingerprint density at radius 1 is 1.33 bits per heavy atom. The van der Waals surface area contributed by atoms with Crippen LogP contribution < -0.4 is 5.32 Å². The second-order valence-corrected chi connectivity index (χ2v) is 5.07. The van der Waals surface area contributed by atoms with Gasteiger partial charge in [-0.05, 0) is 50.4 Å². The molecule has 1 atom stereocenters. The van der Waals surface area contributed by atoms with Gasteiger partial charge in [-0.2, -0.15) is 13.2 Å². The molecule has 0 saturated carbocycles. The molecule has 1 nitrogen and oxygen atoms in total. The monoisotopic (exact) mass is 261 g/mol. The quantitative estimate of drug-likeness (QED) is 0.803. The van der Waals surface area contributed by atoms with Crippen LogP contribution in [0.15, 0.2) is 18.2 Å². The summed E-state index contributed by atoms with van der Waals surface area (Å²) >= 11 is 0. The van der Waals surface area contributed by atoms with Gasteiger partial charge in [0.25, 0.3) is 0 Å². The molecule has 1 saturated heterocycles. The van der Waals surface area contributed by atoms with Crippen molar-refractivity contribution in [3.63, 3.8) is 0 Å². The van der Waals surface area contributed by atoms with Crippen molar-refractivity contribution in [3.8, 4) is 0 Å². The van der Waals surface area contributed by atoms with Crippen LogP contribution >= 0.6 is 0 Å². The van der Waals surface area contributed by atoms with Crippen LogP contribution in [0.5, 0.6) is 0 Å². The Kier molecular flexibility index (Phi) is 3.36. The third-order valence-corrected chi connectivity index (χ3v) is 3.42. The highest BCUT2D eigenvalue weighted by Gasteiger charge is 2.36. The number of hydrogen-bond donors (Lipinski definition) is 1. The summed E-state index contributed by atoms with van der Waals surface area (Å²) in [7, 11) is 0. The molecule has 0 bridgehead atoms. The van der Waals surface area contributed by atoms with E-state index in [9.17, 15) is 17.6 Å². The maximum atomic E-state index is 13.0. The zero-order chi connectivity index (χ0) is 13.4. The van der Waals surface area contributed by atoms with Gasteiger partial charge in [-0.15, -0.1) is 0 Å². The van der Waals surface area contributed by atoms with E-state index in [0.717, 1.165) is 25.5 Å². The second kappa shape index (κ2) is 4.53. The van der Waals surface area contributed by atoms with E-state index in [1.165, 1.54) is 6.07 Å². The van der Waals surface area contributed by atoms with Crippen molar-refractivity contribution in [2.45, 2.75) is 37.9 Å². The minimum Gasteiger partial charge on any atom is -0.311 e. The van der Waals surface area contributed by atoms with E-state index in [4.69, 9.17) is 0 Å². The van der Waals surface area contributed by atoms with E-state index in [0.29, 0.717) is 6.07 Å². The average molecular weight is 261 g/mol. The molecule has 1 heterocycles. The van der Waals surface area contributed by atoms with Gasteiger partial charge in [0, 0.05) is 5.54 Å². The van der Waals surface area contributed by atoms with Crippen LogP contribution in [0.25, 0.3) is 0 Å². The first kappa shape index (κ1) is 13.3. The summed E-state index contributed by atoms with van der Waals surface area (Å²) in [6, 6.07) is 2.90. The molecular formula is C13H15F4N. The van der Waals surface area contributed by atoms with Gasteiger partial charge in [-0.3, -0.25) is 0 Å². The van der Waals surface area contributed by atoms with Gasteiger partial charge in [0.2, 0.25) is 0 Å². The van der Waals surface area contributed by atoms with Crippen molar-refractivity contribution in [2.75, 3.05) is 6.54 Å². The number of halogens is 4. The van der Waals surface area contributed by atoms with Crippen LogP contribution in [0.2, 0.25) is 0 Å². The standard InChI is InChI=1S/C13H15F4N/c1-12(5-2-6-18-12)8-9-3-4-10(14)7-11(9)13(15,16)17/h3-4,7,18H,2,5-6,8H2,1H3. The molecule has 1 aromatic carbocycles. The lowest BCUT2D eigenvalue weighted by atomic mass is 9.89. The molecular weight excluding hydrogens is 246 g/mol. The first-order valence-electron chi connectivity index (χ1n) is 5.91. The summed E-state index contributed by atoms with van der Waals surface area (Å²) in [4.78, 5) is 0. The Labute approximate surface area is 103 Å². The summed E-state index contributed by atoms with van der Waals surface area (Å²) in [5.74, 6) is -0.851. The molecule has 1 N–H and O–H groups in total. The molecule has 100 valence electrons. The molecule has 0 aliphatic carbocycles. The maximum absolute atomic E-state index is 13.0. The van der Waals surface area contributed by atoms with Crippen LogP contribution in [0.1, 0.15) is 30.9 Å². The van der Waals surface area contributed by atoms with Crippen molar-refractivity contribution in [2.24, 2.45) is 0 Å². The molecule has 0 amide bonds. The van der Waals surface area contributed by atoms with Gasteiger partial charge in [-0.25, -0.2) is 4.39 Å². The lowest BCUT2D eigenvalue weighted by Crippen LogP contribution is -2.38. The van der Waals surface area contributed by atoms with Crippen LogP contribution in [0, 0.1) is 5.82 Å². The van der Waals surface area contributed by atoms with E-state index in [2.05, 4.69) is 5.32 Å². The summed E-state index contributed by atoms with van der Waals surface area (Å²) in [6.45, 7) is 2.72. The zero-order valence-electron chi connectivity index (χ0n) is 10.1. The van der Waals surface area contributed by atoms with Gasteiger partial charge in [0.1, 0.15) is 5.82 Å². The molecule has 0 spiro atoms. The Morgan fingerprint density at radius 2 is 2.06 bits per heavy atom. The molecule has 2 rings (SSSR count). The smallest absolute Gasteiger partial charge is 0.311 e. The minimum absolute atomic E-state index is 0.154. The van der Waals surface area contributed by atoms with Crippen LogP contribution in [0.3, 0.4) is 0 Å². The van der Waals surface area contributed by atoms with Crippen LogP contribution in [-0.2, 0) is 12.6 Å². The lowest BCUT2D eigenvalue weighted by Gasteiger charge is -2.26. The third-order valence-electron chi connectivity index (χ3n) is 3.42. The lowest BCUT2D eigenvalue weighted by molar-refractivity contribution is -0.138. The molecule has 5 heteroatoms. The van der Waals surface area contributed by atoms with E-state index in [-0.39, 0.29) is 17.5 Å². The normalized spacial score (nSPS) is 24.5. The maximum Gasteiger partial charge on any atom is 0.416 e. The summed E-state index contributed by atoms with van der Waals surface area (Å²) in [6.07, 6.45) is -2.45. The van der Waals surface area contributed by atoms with Gasteiger partial charge >= 0.3 is 6.18 Å². The first-order chi connectivity index (χ1) is 8.30. The Balaban J connectivity index is 2.32. The Bertz CT molecular complexity index is 433. The zero-order valence-corrected chi connectivity index (χ0v) is 10.1. The van der Waals surface area contributed by atoms with Crippen molar-refractivity contribution in [3.05, 3.63) is 35.1 Å². The van der Waals surface area contributed by atoms with E-state index >= 15 is 0 Å². The molecule has 0 aromatic heterocycles. The first-order valence-corrected chi connectivity index (χ1v) is 5.91. The fourth-order valence-electron chi connectivity index (χ4n) is 2.50. The van der Waals surface area contributed by atoms with Gasteiger partial charge in [0.15, 0.2) is 0 Å². The van der Waals surface area contributed by atoms with Gasteiger partial charge < -0.3 is 5.32 Å². The predicted octanol–water partition coefficient (Wildman–Crippen LogP) is 3.53. The molecule has 0 radical (unpaired) electrons. The summed E-state index contributed by atoms with van der Waals surface area (Å²) in [5.41, 5.74) is -1.03. The van der Waals surface area contributed by atoms with E-state index < -0.39 is 17.6 Å². The summed E-state index contributed by atoms with van der Waals surface area (Å²) < 4.78 is 51.5. The van der Waals surface area contributed by atoms with Crippen molar-refractivity contribution < 1.29 is 17.6 Å². The number of nitrogens with one attached hydrogen (secondary N) is 1. The third kappa shape index (κ3) is 2.83. The highest BCUT2D eigenvalue weighted by Crippen LogP contribution is 2.35. The molecule has 1 fully saturated rings. The second-order valence-electron chi connectivity index (χ2n) is 5.07. The van der Waals surface area contributed by atoms with E-state index in [1.54, 1.807) is 0 Å². The SMILES string of the molecule is CC1(Cc2ccc(F)cc2C(F)(F)F)CCCN1. The topological polar surface area (TPSA) is 12.0 Å². The number of alkyl halides is 3. The van der Waals surface area contributed by atoms with Crippen molar-refractivity contribution in [1.29, 1.82) is 0 Å². The van der Waals surface area contributed by atoms with Gasteiger partial charge in [0.05, 0.1) is 5.56 Å². The van der Waals surface area contributed by atoms with Crippen molar-refractivity contribution in [1.82, 2.24) is 5.32 Å². The molecule has 1 aliphatic rings. The highest BCUT2D eigenvalue weighted by molar-refractivity contribution is 5.32. The summed E-state index contributed by atoms with van der Waals surface area (Å²) in [5, 5.41) is 3.21. The number of hydrogen-bond acceptors (Lipinski definition) is 1. The highest BCUT2D eigenvalue weighted by atomic mass is 19.4. The van der Waals surface area contributed by atoms with Crippen LogP contribution in [-0.4, -0.2) is 12.1 Å². The molecule has 18 heavy (non-hydrogen) atoms. The molecule has 1 unspecified atom stereocenters. The fraction of sp³-hybridized carbons (Fsp3) is 0.538. The van der Waals surface area contributed by atoms with Gasteiger partial charge in [-0.1, -0.05) is 6.07 Å². The Hall–Kier alpha value is -1.10. The predicted molar refractivity (Wildman–Crippen MR) is 60.7 cm³/mol. The minimum atomic E-state index is -4.51. The largest absolute Gasteiger partial charge is 0.416 e. The fourth-order valence-corrected chi connectivity index (χ4v) is 2.50.